The molecule has 0 saturated carbocycles. The molecule has 1 fully saturated rings. The third-order valence-electron chi connectivity index (χ3n) is 4.06. The van der Waals surface area contributed by atoms with Crippen LogP contribution >= 0.6 is 23.2 Å². The van der Waals surface area contributed by atoms with Gasteiger partial charge in [0, 0.05) is 25.3 Å². The van der Waals surface area contributed by atoms with Crippen LogP contribution in [-0.2, 0) is 19.6 Å². The Morgan fingerprint density at radius 2 is 2.00 bits per heavy atom. The average Bonchev–Trinajstić information content (AvgIpc) is 2.63. The molecule has 1 aromatic rings. The number of alkyl halides is 2. The summed E-state index contributed by atoms with van der Waals surface area (Å²) < 4.78 is 26.5. The second kappa shape index (κ2) is 9.20. The number of nitrogens with zero attached hydrogens (tertiary/aromatic N) is 2. The number of carbonyl (C=O) groups excluding carboxylic acids is 2. The van der Waals surface area contributed by atoms with Crippen LogP contribution in [0.25, 0.3) is 0 Å². The van der Waals surface area contributed by atoms with Crippen molar-refractivity contribution >= 4 is 50.7 Å². The van der Waals surface area contributed by atoms with Crippen LogP contribution < -0.4 is 10.7 Å². The van der Waals surface area contributed by atoms with Crippen LogP contribution in [0, 0.1) is 0 Å². The largest absolute Gasteiger partial charge is 0.324 e. The minimum atomic E-state index is -3.64. The molecule has 1 aromatic carbocycles. The first-order chi connectivity index (χ1) is 12.7. The summed E-state index contributed by atoms with van der Waals surface area (Å²) in [6, 6.07) is 5.97. The van der Waals surface area contributed by atoms with E-state index in [9.17, 15) is 18.0 Å². The van der Waals surface area contributed by atoms with Gasteiger partial charge < -0.3 is 5.32 Å². The van der Waals surface area contributed by atoms with E-state index in [1.165, 1.54) is 16.4 Å². The van der Waals surface area contributed by atoms with E-state index in [0.717, 1.165) is 5.01 Å². The van der Waals surface area contributed by atoms with Gasteiger partial charge in [-0.3, -0.25) is 14.6 Å². The van der Waals surface area contributed by atoms with Gasteiger partial charge in [-0.05, 0) is 18.2 Å². The number of hydrazine groups is 1. The molecule has 8 nitrogen and oxygen atoms in total. The summed E-state index contributed by atoms with van der Waals surface area (Å²) in [7, 11) is -3.64. The number of benzene rings is 1. The van der Waals surface area contributed by atoms with Crippen LogP contribution in [0.4, 0.5) is 5.69 Å². The van der Waals surface area contributed by atoms with Gasteiger partial charge in [-0.15, -0.1) is 23.2 Å². The lowest BCUT2D eigenvalue weighted by molar-refractivity contribution is -0.139. The molecule has 0 bridgehead atoms. The SMILES string of the molecule is CCN(CC)S(=O)(=O)c1cccc(NC(=O)CN2NCC(Cl)C(Cl)C2=O)c1. The summed E-state index contributed by atoms with van der Waals surface area (Å²) in [5.41, 5.74) is 3.05. The molecule has 2 atom stereocenters. The Hall–Kier alpha value is -1.39. The molecule has 2 amide bonds. The number of nitrogens with one attached hydrogen (secondary N) is 2. The minimum Gasteiger partial charge on any atom is -0.324 e. The number of sulfonamides is 1. The third-order valence-corrected chi connectivity index (χ3v) is 7.13. The standard InChI is InChI=1S/C16H22Cl2N4O4S/c1-3-21(4-2)27(25,26)12-7-5-6-11(8-12)20-14(23)10-22-16(24)15(18)13(17)9-19-22/h5-8,13,15,19H,3-4,9-10H2,1-2H3,(H,20,23). The highest BCUT2D eigenvalue weighted by atomic mass is 35.5. The van der Waals surface area contributed by atoms with Gasteiger partial charge in [-0.25, -0.2) is 13.8 Å². The average molecular weight is 437 g/mol. The molecule has 0 spiro atoms. The van der Waals surface area contributed by atoms with E-state index < -0.39 is 32.6 Å². The highest BCUT2D eigenvalue weighted by Gasteiger charge is 2.34. The maximum atomic E-state index is 12.6. The van der Waals surface area contributed by atoms with Gasteiger partial charge in [0.25, 0.3) is 5.91 Å². The van der Waals surface area contributed by atoms with Crippen LogP contribution in [0.2, 0.25) is 0 Å². The smallest absolute Gasteiger partial charge is 0.256 e. The van der Waals surface area contributed by atoms with Crippen molar-refractivity contribution in [1.29, 1.82) is 0 Å². The molecule has 0 radical (unpaired) electrons. The van der Waals surface area contributed by atoms with Crippen molar-refractivity contribution in [2.45, 2.75) is 29.5 Å². The van der Waals surface area contributed by atoms with Crippen LogP contribution in [0.3, 0.4) is 0 Å². The van der Waals surface area contributed by atoms with E-state index in [-0.39, 0.29) is 18.0 Å². The molecule has 2 unspecified atom stereocenters. The molecule has 1 saturated heterocycles. The normalized spacial score (nSPS) is 20.8. The zero-order valence-corrected chi connectivity index (χ0v) is 17.3. The van der Waals surface area contributed by atoms with Gasteiger partial charge in [0.05, 0.1) is 10.3 Å². The number of hydrogen-bond donors (Lipinski definition) is 2. The van der Waals surface area contributed by atoms with Crippen LogP contribution in [0.15, 0.2) is 29.2 Å². The Morgan fingerprint density at radius 1 is 1.33 bits per heavy atom. The number of anilines is 1. The summed E-state index contributed by atoms with van der Waals surface area (Å²) in [5, 5.41) is 2.22. The molecule has 1 aliphatic rings. The van der Waals surface area contributed by atoms with Crippen molar-refractivity contribution < 1.29 is 18.0 Å². The molecule has 27 heavy (non-hydrogen) atoms. The Labute approximate surface area is 168 Å². The van der Waals surface area contributed by atoms with Crippen molar-refractivity contribution in [1.82, 2.24) is 14.7 Å². The quantitative estimate of drug-likeness (QED) is 0.625. The van der Waals surface area contributed by atoms with Gasteiger partial charge >= 0.3 is 0 Å². The monoisotopic (exact) mass is 436 g/mol. The maximum Gasteiger partial charge on any atom is 0.256 e. The van der Waals surface area contributed by atoms with Crippen molar-refractivity contribution in [3.8, 4) is 0 Å². The minimum absolute atomic E-state index is 0.0852. The molecule has 0 aliphatic carbocycles. The lowest BCUT2D eigenvalue weighted by Crippen LogP contribution is -2.58. The molecule has 2 rings (SSSR count). The zero-order chi connectivity index (χ0) is 20.2. The summed E-state index contributed by atoms with van der Waals surface area (Å²) >= 11 is 11.8. The molecule has 150 valence electrons. The van der Waals surface area contributed by atoms with E-state index >= 15 is 0 Å². The number of halogens is 2. The van der Waals surface area contributed by atoms with Gasteiger partial charge in [0.1, 0.15) is 11.9 Å². The molecule has 1 aliphatic heterocycles. The lowest BCUT2D eigenvalue weighted by atomic mass is 10.2. The Morgan fingerprint density at radius 3 is 2.63 bits per heavy atom. The number of amides is 2. The predicted octanol–water partition coefficient (Wildman–Crippen LogP) is 1.22. The first kappa shape index (κ1) is 21.9. The van der Waals surface area contributed by atoms with E-state index in [1.807, 2.05) is 0 Å². The van der Waals surface area contributed by atoms with Crippen LogP contribution in [-0.4, -0.2) is 66.5 Å². The highest BCUT2D eigenvalue weighted by Crippen LogP contribution is 2.20. The first-order valence-electron chi connectivity index (χ1n) is 8.43. The third kappa shape index (κ3) is 5.11. The zero-order valence-electron chi connectivity index (χ0n) is 15.0. The van der Waals surface area contributed by atoms with Crippen LogP contribution in [0.1, 0.15) is 13.8 Å². The summed E-state index contributed by atoms with van der Waals surface area (Å²) in [4.78, 5) is 24.4. The highest BCUT2D eigenvalue weighted by molar-refractivity contribution is 7.89. The predicted molar refractivity (Wildman–Crippen MR) is 104 cm³/mol. The van der Waals surface area contributed by atoms with E-state index in [4.69, 9.17) is 23.2 Å². The second-order valence-corrected chi connectivity index (χ2v) is 8.84. The fourth-order valence-corrected chi connectivity index (χ4v) is 4.50. The second-order valence-electron chi connectivity index (χ2n) is 5.87. The summed E-state index contributed by atoms with van der Waals surface area (Å²) in [6.07, 6.45) is 0. The van der Waals surface area contributed by atoms with Gasteiger partial charge in [0.2, 0.25) is 15.9 Å². The first-order valence-corrected chi connectivity index (χ1v) is 10.7. The fraction of sp³-hybridized carbons (Fsp3) is 0.500. The summed E-state index contributed by atoms with van der Waals surface area (Å²) in [5.74, 6) is -0.985. The molecular weight excluding hydrogens is 415 g/mol. The fourth-order valence-electron chi connectivity index (χ4n) is 2.61. The Balaban J connectivity index is 2.08. The number of hydrogen-bond acceptors (Lipinski definition) is 5. The van der Waals surface area contributed by atoms with Crippen molar-refractivity contribution in [2.24, 2.45) is 0 Å². The van der Waals surface area contributed by atoms with Gasteiger partial charge in [-0.1, -0.05) is 19.9 Å². The van der Waals surface area contributed by atoms with E-state index in [0.29, 0.717) is 18.8 Å². The van der Waals surface area contributed by atoms with Crippen molar-refractivity contribution in [3.63, 3.8) is 0 Å². The molecule has 0 aromatic heterocycles. The van der Waals surface area contributed by atoms with Gasteiger partial charge in [0.15, 0.2) is 0 Å². The molecule has 2 N–H and O–H groups in total. The molecule has 1 heterocycles. The van der Waals surface area contributed by atoms with Crippen molar-refractivity contribution in [2.75, 3.05) is 31.5 Å². The van der Waals surface area contributed by atoms with E-state index in [2.05, 4.69) is 10.7 Å². The number of carbonyl (C=O) groups is 2. The molecule has 11 heteroatoms. The molecular formula is C16H22Cl2N4O4S. The topological polar surface area (TPSA) is 98.8 Å². The Bertz CT molecular complexity index is 801. The van der Waals surface area contributed by atoms with Crippen molar-refractivity contribution in [3.05, 3.63) is 24.3 Å². The van der Waals surface area contributed by atoms with Gasteiger partial charge in [-0.2, -0.15) is 4.31 Å². The Kier molecular flexibility index (Phi) is 7.47. The summed E-state index contributed by atoms with van der Waals surface area (Å²) in [6.45, 7) is 4.18. The maximum absolute atomic E-state index is 12.6. The van der Waals surface area contributed by atoms with Crippen LogP contribution in [0.5, 0.6) is 0 Å². The number of rotatable bonds is 7. The van der Waals surface area contributed by atoms with E-state index in [1.54, 1.807) is 26.0 Å². The lowest BCUT2D eigenvalue weighted by Gasteiger charge is -2.32.